The SMILES string of the molecule is CCCNC(CCCOCCCOC)C(C)(C)C. The molecule has 0 heterocycles. The van der Waals surface area contributed by atoms with Crippen molar-refractivity contribution in [2.75, 3.05) is 33.5 Å². The largest absolute Gasteiger partial charge is 0.385 e. The van der Waals surface area contributed by atoms with Gasteiger partial charge in [-0.1, -0.05) is 27.7 Å². The van der Waals surface area contributed by atoms with E-state index in [1.165, 1.54) is 12.8 Å². The van der Waals surface area contributed by atoms with Gasteiger partial charge in [0.2, 0.25) is 0 Å². The van der Waals surface area contributed by atoms with E-state index >= 15 is 0 Å². The van der Waals surface area contributed by atoms with Crippen molar-refractivity contribution in [1.29, 1.82) is 0 Å². The van der Waals surface area contributed by atoms with Crippen molar-refractivity contribution in [3.05, 3.63) is 0 Å². The molecule has 0 rings (SSSR count). The average Bonchev–Trinajstić information content (AvgIpc) is 2.30. The van der Waals surface area contributed by atoms with Crippen LogP contribution in [0.15, 0.2) is 0 Å². The molecule has 0 aliphatic carbocycles. The molecule has 0 bridgehead atoms. The molecule has 1 N–H and O–H groups in total. The van der Waals surface area contributed by atoms with E-state index in [2.05, 4.69) is 33.0 Å². The first-order valence-corrected chi connectivity index (χ1v) is 7.32. The van der Waals surface area contributed by atoms with Crippen molar-refractivity contribution in [3.8, 4) is 0 Å². The highest BCUT2D eigenvalue weighted by molar-refractivity contribution is 4.80. The van der Waals surface area contributed by atoms with E-state index < -0.39 is 0 Å². The van der Waals surface area contributed by atoms with E-state index in [0.717, 1.165) is 39.2 Å². The lowest BCUT2D eigenvalue weighted by Gasteiger charge is -2.31. The standard InChI is InChI=1S/C15H33NO2/c1-6-10-16-14(15(2,3)4)9-7-12-18-13-8-11-17-5/h14,16H,6-13H2,1-5H3. The normalized spacial score (nSPS) is 13.8. The summed E-state index contributed by atoms with van der Waals surface area (Å²) in [5.41, 5.74) is 0.325. The highest BCUT2D eigenvalue weighted by atomic mass is 16.5. The lowest BCUT2D eigenvalue weighted by molar-refractivity contribution is 0.0959. The zero-order valence-corrected chi connectivity index (χ0v) is 13.1. The first-order valence-electron chi connectivity index (χ1n) is 7.32. The van der Waals surface area contributed by atoms with Crippen molar-refractivity contribution in [2.24, 2.45) is 5.41 Å². The second-order valence-electron chi connectivity index (χ2n) is 5.97. The molecule has 0 fully saturated rings. The van der Waals surface area contributed by atoms with Crippen LogP contribution in [0.5, 0.6) is 0 Å². The van der Waals surface area contributed by atoms with Crippen LogP contribution in [0, 0.1) is 5.41 Å². The maximum Gasteiger partial charge on any atom is 0.0487 e. The van der Waals surface area contributed by atoms with Crippen LogP contribution in [0.25, 0.3) is 0 Å². The van der Waals surface area contributed by atoms with Gasteiger partial charge in [0.15, 0.2) is 0 Å². The van der Waals surface area contributed by atoms with Crippen molar-refractivity contribution in [1.82, 2.24) is 5.32 Å². The Morgan fingerprint density at radius 1 is 1.06 bits per heavy atom. The van der Waals surface area contributed by atoms with Gasteiger partial charge in [-0.3, -0.25) is 0 Å². The summed E-state index contributed by atoms with van der Waals surface area (Å²) in [7, 11) is 1.73. The fourth-order valence-electron chi connectivity index (χ4n) is 1.96. The molecular weight excluding hydrogens is 226 g/mol. The Balaban J connectivity index is 3.63. The summed E-state index contributed by atoms with van der Waals surface area (Å²) in [4.78, 5) is 0. The summed E-state index contributed by atoms with van der Waals surface area (Å²) in [6, 6.07) is 0.583. The van der Waals surface area contributed by atoms with E-state index in [0.29, 0.717) is 11.5 Å². The Hall–Kier alpha value is -0.120. The van der Waals surface area contributed by atoms with Crippen molar-refractivity contribution in [3.63, 3.8) is 0 Å². The highest BCUT2D eigenvalue weighted by Crippen LogP contribution is 2.22. The highest BCUT2D eigenvalue weighted by Gasteiger charge is 2.22. The number of rotatable bonds is 11. The number of hydrogen-bond donors (Lipinski definition) is 1. The van der Waals surface area contributed by atoms with E-state index in [9.17, 15) is 0 Å². The summed E-state index contributed by atoms with van der Waals surface area (Å²) in [5.74, 6) is 0. The van der Waals surface area contributed by atoms with Crippen LogP contribution in [0.1, 0.15) is 53.4 Å². The molecule has 110 valence electrons. The van der Waals surface area contributed by atoms with Gasteiger partial charge >= 0.3 is 0 Å². The van der Waals surface area contributed by atoms with E-state index in [4.69, 9.17) is 9.47 Å². The predicted octanol–water partition coefficient (Wildman–Crippen LogP) is 3.23. The summed E-state index contributed by atoms with van der Waals surface area (Å²) >= 11 is 0. The van der Waals surface area contributed by atoms with Gasteiger partial charge in [-0.25, -0.2) is 0 Å². The smallest absolute Gasteiger partial charge is 0.0487 e. The van der Waals surface area contributed by atoms with Crippen molar-refractivity contribution < 1.29 is 9.47 Å². The molecule has 0 saturated carbocycles. The third-order valence-corrected chi connectivity index (χ3v) is 3.10. The third kappa shape index (κ3) is 9.86. The fraction of sp³-hybridized carbons (Fsp3) is 1.00. The average molecular weight is 259 g/mol. The monoisotopic (exact) mass is 259 g/mol. The molecule has 3 heteroatoms. The first-order chi connectivity index (χ1) is 8.52. The summed E-state index contributed by atoms with van der Waals surface area (Å²) in [6.45, 7) is 12.7. The Labute approximate surface area is 114 Å². The van der Waals surface area contributed by atoms with Crippen molar-refractivity contribution in [2.45, 2.75) is 59.4 Å². The Morgan fingerprint density at radius 2 is 1.72 bits per heavy atom. The van der Waals surface area contributed by atoms with Crippen LogP contribution in [0.4, 0.5) is 0 Å². The number of nitrogens with one attached hydrogen (secondary N) is 1. The lowest BCUT2D eigenvalue weighted by atomic mass is 9.84. The molecule has 0 radical (unpaired) electrons. The van der Waals surface area contributed by atoms with Gasteiger partial charge in [-0.2, -0.15) is 0 Å². The van der Waals surface area contributed by atoms with E-state index in [-0.39, 0.29) is 0 Å². The zero-order chi connectivity index (χ0) is 13.9. The number of hydrogen-bond acceptors (Lipinski definition) is 3. The van der Waals surface area contributed by atoms with Crippen LogP contribution in [-0.4, -0.2) is 39.5 Å². The van der Waals surface area contributed by atoms with Gasteiger partial charge in [-0.15, -0.1) is 0 Å². The first kappa shape index (κ1) is 17.9. The van der Waals surface area contributed by atoms with Gasteiger partial charge in [0.05, 0.1) is 0 Å². The maximum absolute atomic E-state index is 5.60. The molecule has 0 saturated heterocycles. The van der Waals surface area contributed by atoms with E-state index in [1.54, 1.807) is 7.11 Å². The van der Waals surface area contributed by atoms with Crippen LogP contribution in [0.2, 0.25) is 0 Å². The molecule has 0 aromatic carbocycles. The molecular formula is C15H33NO2. The minimum atomic E-state index is 0.325. The molecule has 18 heavy (non-hydrogen) atoms. The van der Waals surface area contributed by atoms with Crippen molar-refractivity contribution >= 4 is 0 Å². The Bertz CT molecular complexity index is 178. The summed E-state index contributed by atoms with van der Waals surface area (Å²) < 4.78 is 10.6. The predicted molar refractivity (Wildman–Crippen MR) is 78.1 cm³/mol. The molecule has 0 spiro atoms. The lowest BCUT2D eigenvalue weighted by Crippen LogP contribution is -2.40. The van der Waals surface area contributed by atoms with Crippen LogP contribution < -0.4 is 5.32 Å². The molecule has 0 aliphatic heterocycles. The molecule has 3 nitrogen and oxygen atoms in total. The van der Waals surface area contributed by atoms with Gasteiger partial charge < -0.3 is 14.8 Å². The quantitative estimate of drug-likeness (QED) is 0.578. The second kappa shape index (κ2) is 10.8. The molecule has 1 atom stereocenters. The third-order valence-electron chi connectivity index (χ3n) is 3.10. The Morgan fingerprint density at radius 3 is 2.28 bits per heavy atom. The van der Waals surface area contributed by atoms with Gasteiger partial charge in [0.25, 0.3) is 0 Å². The van der Waals surface area contributed by atoms with Crippen LogP contribution in [0.3, 0.4) is 0 Å². The number of methoxy groups -OCH3 is 1. The minimum absolute atomic E-state index is 0.325. The molecule has 0 aromatic heterocycles. The molecule has 0 aliphatic rings. The molecule has 0 aromatic rings. The van der Waals surface area contributed by atoms with Gasteiger partial charge in [0.1, 0.15) is 0 Å². The Kier molecular flexibility index (Phi) is 10.7. The molecule has 1 unspecified atom stereocenters. The minimum Gasteiger partial charge on any atom is -0.385 e. The summed E-state index contributed by atoms with van der Waals surface area (Å²) in [6.07, 6.45) is 4.51. The van der Waals surface area contributed by atoms with Crippen LogP contribution >= 0.6 is 0 Å². The fourth-order valence-corrected chi connectivity index (χ4v) is 1.96. The van der Waals surface area contributed by atoms with Gasteiger partial charge in [-0.05, 0) is 37.6 Å². The number of ether oxygens (including phenoxy) is 2. The van der Waals surface area contributed by atoms with E-state index in [1.807, 2.05) is 0 Å². The topological polar surface area (TPSA) is 30.5 Å². The van der Waals surface area contributed by atoms with Gasteiger partial charge in [0, 0.05) is 33.0 Å². The molecule has 0 amide bonds. The maximum atomic E-state index is 5.60. The van der Waals surface area contributed by atoms with Crippen LogP contribution in [-0.2, 0) is 9.47 Å². The second-order valence-corrected chi connectivity index (χ2v) is 5.97. The summed E-state index contributed by atoms with van der Waals surface area (Å²) in [5, 5.41) is 3.65. The zero-order valence-electron chi connectivity index (χ0n) is 13.1.